The zero-order valence-electron chi connectivity index (χ0n) is 21.1. The van der Waals surface area contributed by atoms with Gasteiger partial charge in [-0.25, -0.2) is 0 Å². The van der Waals surface area contributed by atoms with Crippen LogP contribution in [-0.2, 0) is 19.1 Å². The molecule has 2 aromatic rings. The molecule has 0 radical (unpaired) electrons. The number of aryl methyl sites for hydroxylation is 2. The van der Waals surface area contributed by atoms with Gasteiger partial charge in [-0.05, 0) is 50.7 Å². The summed E-state index contributed by atoms with van der Waals surface area (Å²) < 4.78 is 10.8. The molecule has 1 saturated heterocycles. The van der Waals surface area contributed by atoms with Crippen molar-refractivity contribution < 1.29 is 23.6 Å². The van der Waals surface area contributed by atoms with E-state index in [2.05, 4.69) is 15.8 Å². The lowest BCUT2D eigenvalue weighted by Crippen LogP contribution is -2.48. The van der Waals surface area contributed by atoms with Crippen LogP contribution >= 0.6 is 0 Å². The van der Waals surface area contributed by atoms with E-state index < -0.39 is 6.04 Å². The number of carbonyl (C=O) groups excluding carboxylic acids is 3. The first kappa shape index (κ1) is 25.9. The van der Waals surface area contributed by atoms with Gasteiger partial charge in [0.1, 0.15) is 11.8 Å². The minimum Gasteiger partial charge on any atom is -0.376 e. The van der Waals surface area contributed by atoms with Gasteiger partial charge in [0.15, 0.2) is 5.82 Å². The van der Waals surface area contributed by atoms with Gasteiger partial charge in [0.25, 0.3) is 0 Å². The van der Waals surface area contributed by atoms with Crippen LogP contribution in [0, 0.1) is 13.8 Å². The fraction of sp³-hybridized carbons (Fsp3) is 0.556. The zero-order chi connectivity index (χ0) is 25.5. The maximum Gasteiger partial charge on any atom is 0.247 e. The van der Waals surface area contributed by atoms with E-state index in [4.69, 9.17) is 9.26 Å². The molecule has 1 aromatic carbocycles. The fourth-order valence-electron chi connectivity index (χ4n) is 5.05. The van der Waals surface area contributed by atoms with Gasteiger partial charge in [-0.3, -0.25) is 14.4 Å². The Morgan fingerprint density at radius 3 is 2.53 bits per heavy atom. The van der Waals surface area contributed by atoms with Crippen LogP contribution in [0.4, 0.5) is 5.82 Å². The molecule has 9 nitrogen and oxygen atoms in total. The number of amides is 3. The molecule has 9 heteroatoms. The molecule has 2 heterocycles. The van der Waals surface area contributed by atoms with E-state index in [1.54, 1.807) is 17.9 Å². The molecule has 1 aliphatic carbocycles. The number of aromatic nitrogens is 1. The second-order valence-electron chi connectivity index (χ2n) is 9.80. The van der Waals surface area contributed by atoms with Gasteiger partial charge in [0.05, 0.1) is 6.10 Å². The second kappa shape index (κ2) is 12.2. The Labute approximate surface area is 211 Å². The predicted octanol–water partition coefficient (Wildman–Crippen LogP) is 3.82. The predicted molar refractivity (Wildman–Crippen MR) is 134 cm³/mol. The van der Waals surface area contributed by atoms with Crippen molar-refractivity contribution >= 4 is 23.5 Å². The molecule has 1 aliphatic heterocycles. The molecule has 3 amide bonds. The molecule has 2 fully saturated rings. The normalized spacial score (nSPS) is 18.7. The maximum atomic E-state index is 13.7. The first-order valence-electron chi connectivity index (χ1n) is 12.9. The van der Waals surface area contributed by atoms with Crippen molar-refractivity contribution in [2.45, 2.75) is 83.4 Å². The lowest BCUT2D eigenvalue weighted by atomic mass is 9.97. The number of anilines is 1. The van der Waals surface area contributed by atoms with E-state index in [0.29, 0.717) is 24.7 Å². The van der Waals surface area contributed by atoms with E-state index in [0.717, 1.165) is 49.7 Å². The zero-order valence-corrected chi connectivity index (χ0v) is 21.1. The van der Waals surface area contributed by atoms with Crippen molar-refractivity contribution in [1.82, 2.24) is 15.4 Å². The average Bonchev–Trinajstić information content (AvgIpc) is 3.63. The summed E-state index contributed by atoms with van der Waals surface area (Å²) >= 11 is 0. The molecule has 0 spiro atoms. The SMILES string of the molecule is Cc1cc(NC(=O)CCC(=O)N(C[C@H]2CCCO2)[C@@H](C(=O)NC2CCCC2)c2ccccc2C)no1. The van der Waals surface area contributed by atoms with Gasteiger partial charge in [0.2, 0.25) is 17.7 Å². The van der Waals surface area contributed by atoms with Crippen LogP contribution in [0.15, 0.2) is 34.9 Å². The van der Waals surface area contributed by atoms with Gasteiger partial charge in [-0.2, -0.15) is 0 Å². The van der Waals surface area contributed by atoms with Crippen LogP contribution in [0.3, 0.4) is 0 Å². The van der Waals surface area contributed by atoms with Gasteiger partial charge >= 0.3 is 0 Å². The summed E-state index contributed by atoms with van der Waals surface area (Å²) in [5.74, 6) is 0.127. The van der Waals surface area contributed by atoms with Crippen LogP contribution in [0.1, 0.15) is 74.3 Å². The van der Waals surface area contributed by atoms with E-state index in [1.165, 1.54) is 0 Å². The van der Waals surface area contributed by atoms with Crippen LogP contribution < -0.4 is 10.6 Å². The number of carbonyl (C=O) groups is 3. The van der Waals surface area contributed by atoms with Crippen LogP contribution in [0.25, 0.3) is 0 Å². The maximum absolute atomic E-state index is 13.7. The lowest BCUT2D eigenvalue weighted by Gasteiger charge is -2.34. The van der Waals surface area contributed by atoms with Crippen molar-refractivity contribution in [2.24, 2.45) is 0 Å². The lowest BCUT2D eigenvalue weighted by molar-refractivity contribution is -0.143. The number of hydrogen-bond acceptors (Lipinski definition) is 6. The van der Waals surface area contributed by atoms with Gasteiger partial charge in [0, 0.05) is 38.1 Å². The molecule has 194 valence electrons. The van der Waals surface area contributed by atoms with E-state index >= 15 is 0 Å². The Morgan fingerprint density at radius 1 is 1.08 bits per heavy atom. The Bertz CT molecular complexity index is 1060. The first-order chi connectivity index (χ1) is 17.4. The standard InChI is InChI=1S/C27H36N4O5/c1-18-8-3-6-12-22(18)26(27(34)28-20-9-4-5-10-20)31(17-21-11-7-15-35-21)25(33)14-13-24(32)29-23-16-19(2)36-30-23/h3,6,8,12,16,20-21,26H,4-5,7,9-11,13-15,17H2,1-2H3,(H,28,34)(H,29,30,32)/t21-,26-/m1/s1. The summed E-state index contributed by atoms with van der Waals surface area (Å²) in [7, 11) is 0. The Hall–Kier alpha value is -3.20. The van der Waals surface area contributed by atoms with Crippen LogP contribution in [0.5, 0.6) is 0 Å². The van der Waals surface area contributed by atoms with Crippen molar-refractivity contribution in [3.8, 4) is 0 Å². The summed E-state index contributed by atoms with van der Waals surface area (Å²) in [5, 5.41) is 9.61. The quantitative estimate of drug-likeness (QED) is 0.517. The topological polar surface area (TPSA) is 114 Å². The largest absolute Gasteiger partial charge is 0.376 e. The minimum atomic E-state index is -0.787. The third-order valence-corrected chi connectivity index (χ3v) is 6.95. The van der Waals surface area contributed by atoms with Crippen molar-refractivity contribution in [1.29, 1.82) is 0 Å². The Balaban J connectivity index is 1.54. The average molecular weight is 497 g/mol. The Kier molecular flexibility index (Phi) is 8.74. The molecule has 0 unspecified atom stereocenters. The molecule has 0 bridgehead atoms. The Morgan fingerprint density at radius 2 is 1.86 bits per heavy atom. The molecule has 1 saturated carbocycles. The number of nitrogens with one attached hydrogen (secondary N) is 2. The van der Waals surface area contributed by atoms with Gasteiger partial charge in [-0.15, -0.1) is 0 Å². The van der Waals surface area contributed by atoms with Crippen molar-refractivity contribution in [3.05, 3.63) is 47.2 Å². The monoisotopic (exact) mass is 496 g/mol. The highest BCUT2D eigenvalue weighted by atomic mass is 16.5. The number of nitrogens with zero attached hydrogens (tertiary/aromatic N) is 2. The highest BCUT2D eigenvalue weighted by molar-refractivity contribution is 5.94. The number of benzene rings is 1. The fourth-order valence-corrected chi connectivity index (χ4v) is 5.05. The third-order valence-electron chi connectivity index (χ3n) is 6.95. The first-order valence-corrected chi connectivity index (χ1v) is 12.9. The number of ether oxygens (including phenoxy) is 1. The highest BCUT2D eigenvalue weighted by Gasteiger charge is 2.36. The smallest absolute Gasteiger partial charge is 0.247 e. The van der Waals surface area contributed by atoms with Crippen molar-refractivity contribution in [2.75, 3.05) is 18.5 Å². The van der Waals surface area contributed by atoms with E-state index in [-0.39, 0.29) is 42.7 Å². The molecule has 36 heavy (non-hydrogen) atoms. The van der Waals surface area contributed by atoms with Crippen molar-refractivity contribution in [3.63, 3.8) is 0 Å². The second-order valence-corrected chi connectivity index (χ2v) is 9.80. The molecule has 2 aliphatic rings. The van der Waals surface area contributed by atoms with Gasteiger partial charge < -0.3 is 24.8 Å². The van der Waals surface area contributed by atoms with E-state index in [1.807, 2.05) is 31.2 Å². The molecule has 4 rings (SSSR count). The summed E-state index contributed by atoms with van der Waals surface area (Å²) in [6.07, 6.45) is 5.66. The molecule has 1 aromatic heterocycles. The third kappa shape index (κ3) is 6.72. The number of hydrogen-bond donors (Lipinski definition) is 2. The molecule has 2 N–H and O–H groups in total. The summed E-state index contributed by atoms with van der Waals surface area (Å²) in [6, 6.07) is 8.62. The molecular weight excluding hydrogens is 460 g/mol. The minimum absolute atomic E-state index is 0.0303. The van der Waals surface area contributed by atoms with Gasteiger partial charge in [-0.1, -0.05) is 42.3 Å². The summed E-state index contributed by atoms with van der Waals surface area (Å²) in [6.45, 7) is 4.64. The summed E-state index contributed by atoms with van der Waals surface area (Å²) in [4.78, 5) is 41.5. The molecule has 2 atom stereocenters. The highest BCUT2D eigenvalue weighted by Crippen LogP contribution is 2.29. The van der Waals surface area contributed by atoms with Crippen LogP contribution in [-0.4, -0.2) is 53.1 Å². The number of rotatable bonds is 10. The molecular formula is C27H36N4O5. The summed E-state index contributed by atoms with van der Waals surface area (Å²) in [5.41, 5.74) is 1.73. The van der Waals surface area contributed by atoms with Crippen LogP contribution in [0.2, 0.25) is 0 Å². The van der Waals surface area contributed by atoms with E-state index in [9.17, 15) is 14.4 Å².